The molecule has 1 saturated heterocycles. The number of piperidine rings is 1. The number of nitrogens with zero attached hydrogens (tertiary/aromatic N) is 1. The van der Waals surface area contributed by atoms with Crippen molar-refractivity contribution in [2.24, 2.45) is 5.92 Å². The molecular formula is C15H22F3NO2. The van der Waals surface area contributed by atoms with Crippen molar-refractivity contribution in [2.75, 3.05) is 26.7 Å². The van der Waals surface area contributed by atoms with Crippen LogP contribution < -0.4 is 0 Å². The summed E-state index contributed by atoms with van der Waals surface area (Å²) in [6.45, 7) is 0.820. The molecule has 0 bridgehead atoms. The van der Waals surface area contributed by atoms with E-state index in [9.17, 15) is 13.2 Å². The lowest BCUT2D eigenvalue weighted by molar-refractivity contribution is -0.208. The van der Waals surface area contributed by atoms with Gasteiger partial charge in [-0.05, 0) is 56.3 Å². The van der Waals surface area contributed by atoms with Gasteiger partial charge in [0.25, 0.3) is 0 Å². The smallest absolute Gasteiger partial charge is 0.415 e. The van der Waals surface area contributed by atoms with Gasteiger partial charge in [-0.2, -0.15) is 13.2 Å². The van der Waals surface area contributed by atoms with Crippen molar-refractivity contribution >= 4 is 0 Å². The molecule has 21 heavy (non-hydrogen) atoms. The van der Waals surface area contributed by atoms with E-state index >= 15 is 0 Å². The first-order valence-electron chi connectivity index (χ1n) is 7.33. The number of aliphatic hydroxyl groups excluding tert-OH is 1. The first-order valence-corrected chi connectivity index (χ1v) is 7.33. The van der Waals surface area contributed by atoms with Crippen LogP contribution in [0.1, 0.15) is 25.7 Å². The minimum atomic E-state index is -4.53. The highest BCUT2D eigenvalue weighted by Crippen LogP contribution is 2.33. The fourth-order valence-electron chi connectivity index (χ4n) is 3.02. The van der Waals surface area contributed by atoms with E-state index in [1.165, 1.54) is 5.57 Å². The molecule has 2 aliphatic rings. The number of ether oxygens (including phenoxy) is 1. The van der Waals surface area contributed by atoms with Gasteiger partial charge in [0.05, 0.1) is 7.11 Å². The largest absolute Gasteiger partial charge is 0.497 e. The zero-order valence-corrected chi connectivity index (χ0v) is 12.2. The topological polar surface area (TPSA) is 32.7 Å². The van der Waals surface area contributed by atoms with Gasteiger partial charge in [-0.3, -0.25) is 0 Å². The van der Waals surface area contributed by atoms with E-state index in [-0.39, 0.29) is 6.54 Å². The Morgan fingerprint density at radius 1 is 1.29 bits per heavy atom. The lowest BCUT2D eigenvalue weighted by Gasteiger charge is -2.35. The fourth-order valence-corrected chi connectivity index (χ4v) is 3.02. The molecule has 0 aromatic heterocycles. The molecule has 1 aliphatic heterocycles. The highest BCUT2D eigenvalue weighted by molar-refractivity contribution is 5.31. The van der Waals surface area contributed by atoms with Gasteiger partial charge in [-0.15, -0.1) is 0 Å². The molecule has 1 fully saturated rings. The van der Waals surface area contributed by atoms with Crippen LogP contribution in [0, 0.1) is 5.92 Å². The molecule has 0 saturated carbocycles. The number of β-amino-alcohol motifs (C(OH)–C–C–N with tert-alkyl or cyclic N) is 1. The molecule has 1 heterocycles. The minimum Gasteiger partial charge on any atom is -0.497 e. The Morgan fingerprint density at radius 2 is 1.90 bits per heavy atom. The maximum atomic E-state index is 12.4. The van der Waals surface area contributed by atoms with Crippen LogP contribution in [0.15, 0.2) is 23.5 Å². The predicted octanol–water partition coefficient (Wildman–Crippen LogP) is 2.87. The van der Waals surface area contributed by atoms with Crippen LogP contribution in [0.4, 0.5) is 13.2 Å². The van der Waals surface area contributed by atoms with Gasteiger partial charge >= 0.3 is 6.18 Å². The van der Waals surface area contributed by atoms with Crippen LogP contribution in [0.25, 0.3) is 0 Å². The maximum absolute atomic E-state index is 12.4. The van der Waals surface area contributed by atoms with Crippen LogP contribution in [0.3, 0.4) is 0 Å². The van der Waals surface area contributed by atoms with E-state index in [0.717, 1.165) is 31.4 Å². The molecule has 6 heteroatoms. The third-order valence-electron chi connectivity index (χ3n) is 4.20. The van der Waals surface area contributed by atoms with Gasteiger partial charge in [0.15, 0.2) is 6.10 Å². The number of rotatable bonds is 4. The average Bonchev–Trinajstić information content (AvgIpc) is 2.47. The van der Waals surface area contributed by atoms with Crippen molar-refractivity contribution in [3.63, 3.8) is 0 Å². The second-order valence-electron chi connectivity index (χ2n) is 5.64. The lowest BCUT2D eigenvalue weighted by atomic mass is 9.85. The van der Waals surface area contributed by atoms with Crippen molar-refractivity contribution < 1.29 is 23.0 Å². The number of alkyl halides is 3. The van der Waals surface area contributed by atoms with E-state index in [4.69, 9.17) is 9.84 Å². The summed E-state index contributed by atoms with van der Waals surface area (Å²) in [5.41, 5.74) is 1.19. The number of hydrogen-bond acceptors (Lipinski definition) is 3. The van der Waals surface area contributed by atoms with Crippen molar-refractivity contribution in [2.45, 2.75) is 38.0 Å². The Hall–Kier alpha value is -1.01. The van der Waals surface area contributed by atoms with Gasteiger partial charge in [0.1, 0.15) is 5.76 Å². The Balaban J connectivity index is 1.86. The molecule has 3 nitrogen and oxygen atoms in total. The molecule has 2 rings (SSSR count). The summed E-state index contributed by atoms with van der Waals surface area (Å²) < 4.78 is 42.5. The van der Waals surface area contributed by atoms with Crippen LogP contribution in [-0.4, -0.2) is 49.0 Å². The fraction of sp³-hybridized carbons (Fsp3) is 0.733. The Bertz CT molecular complexity index is 410. The van der Waals surface area contributed by atoms with Crippen LogP contribution in [0.2, 0.25) is 0 Å². The standard InChI is InChI=1S/C15H22F3NO2/c1-21-13-5-3-2-4-12(13)11-6-8-19(9-7-11)10-14(20)15(16,17)18/h4-5,11,14,20H,2-3,6-10H2,1H3. The molecule has 0 spiro atoms. The second kappa shape index (κ2) is 6.83. The Kier molecular flexibility index (Phi) is 5.32. The lowest BCUT2D eigenvalue weighted by Crippen LogP contribution is -2.44. The number of methoxy groups -OCH3 is 1. The number of allylic oxidation sites excluding steroid dienone is 3. The number of aliphatic hydroxyl groups is 1. The van der Waals surface area contributed by atoms with Gasteiger partial charge in [0.2, 0.25) is 0 Å². The van der Waals surface area contributed by atoms with Crippen molar-refractivity contribution in [3.8, 4) is 0 Å². The summed E-state index contributed by atoms with van der Waals surface area (Å²) in [4.78, 5) is 1.69. The third kappa shape index (κ3) is 4.23. The summed E-state index contributed by atoms with van der Waals surface area (Å²) >= 11 is 0. The molecule has 120 valence electrons. The van der Waals surface area contributed by atoms with Crippen LogP contribution >= 0.6 is 0 Å². The van der Waals surface area contributed by atoms with Gasteiger partial charge in [0, 0.05) is 6.54 Å². The van der Waals surface area contributed by atoms with E-state index in [1.54, 1.807) is 12.0 Å². The molecule has 0 aromatic carbocycles. The number of halogens is 3. The third-order valence-corrected chi connectivity index (χ3v) is 4.20. The normalized spacial score (nSPS) is 23.5. The summed E-state index contributed by atoms with van der Waals surface area (Å²) in [7, 11) is 1.65. The summed E-state index contributed by atoms with van der Waals surface area (Å²) in [6.07, 6.45) is 1.05. The average molecular weight is 305 g/mol. The van der Waals surface area contributed by atoms with Gasteiger partial charge in [-0.1, -0.05) is 6.08 Å². The molecule has 1 unspecified atom stereocenters. The van der Waals surface area contributed by atoms with Crippen LogP contribution in [0.5, 0.6) is 0 Å². The zero-order valence-electron chi connectivity index (χ0n) is 12.2. The first-order chi connectivity index (χ1) is 9.91. The first kappa shape index (κ1) is 16.4. The summed E-state index contributed by atoms with van der Waals surface area (Å²) in [6, 6.07) is 0. The molecule has 0 radical (unpaired) electrons. The molecular weight excluding hydrogens is 283 g/mol. The molecule has 1 aliphatic carbocycles. The highest BCUT2D eigenvalue weighted by Gasteiger charge is 2.39. The maximum Gasteiger partial charge on any atom is 0.415 e. The second-order valence-corrected chi connectivity index (χ2v) is 5.64. The summed E-state index contributed by atoms with van der Waals surface area (Å²) in [5, 5.41) is 9.13. The minimum absolute atomic E-state index is 0.331. The monoisotopic (exact) mass is 305 g/mol. The van der Waals surface area contributed by atoms with E-state index in [2.05, 4.69) is 12.2 Å². The molecule has 1 N–H and O–H groups in total. The van der Waals surface area contributed by atoms with E-state index in [1.807, 2.05) is 0 Å². The Morgan fingerprint density at radius 3 is 2.48 bits per heavy atom. The molecule has 0 amide bonds. The van der Waals surface area contributed by atoms with Crippen molar-refractivity contribution in [1.82, 2.24) is 4.90 Å². The molecule has 1 atom stereocenters. The SMILES string of the molecule is COC1=CCCC=C1C1CCN(CC(O)C(F)(F)F)CC1. The number of likely N-dealkylation sites (tertiary alicyclic amines) is 1. The quantitative estimate of drug-likeness (QED) is 0.867. The molecule has 0 aromatic rings. The van der Waals surface area contributed by atoms with E-state index in [0.29, 0.717) is 19.0 Å². The van der Waals surface area contributed by atoms with Crippen molar-refractivity contribution in [3.05, 3.63) is 23.5 Å². The zero-order chi connectivity index (χ0) is 15.5. The van der Waals surface area contributed by atoms with Gasteiger partial charge in [-0.25, -0.2) is 0 Å². The van der Waals surface area contributed by atoms with E-state index < -0.39 is 12.3 Å². The number of hydrogen-bond donors (Lipinski definition) is 1. The highest BCUT2D eigenvalue weighted by atomic mass is 19.4. The summed E-state index contributed by atoms with van der Waals surface area (Å²) in [5.74, 6) is 1.26. The predicted molar refractivity (Wildman–Crippen MR) is 73.6 cm³/mol. The van der Waals surface area contributed by atoms with Crippen molar-refractivity contribution in [1.29, 1.82) is 0 Å². The Labute approximate surface area is 123 Å². The van der Waals surface area contributed by atoms with Crippen LogP contribution in [-0.2, 0) is 4.74 Å². The van der Waals surface area contributed by atoms with Gasteiger partial charge < -0.3 is 14.7 Å².